The van der Waals surface area contributed by atoms with Crippen LogP contribution < -0.4 is 0 Å². The molecule has 0 saturated carbocycles. The van der Waals surface area contributed by atoms with E-state index in [1.54, 1.807) is 13.8 Å². The van der Waals surface area contributed by atoms with Gasteiger partial charge in [0, 0.05) is 6.54 Å². The molecule has 1 rings (SSSR count). The Hall–Kier alpha value is -1.10. The molecule has 1 aliphatic heterocycles. The van der Waals surface area contributed by atoms with Gasteiger partial charge in [-0.3, -0.25) is 14.5 Å². The number of carbonyl (C=O) groups is 2. The van der Waals surface area contributed by atoms with Gasteiger partial charge in [0.05, 0.1) is 13.2 Å². The highest BCUT2D eigenvalue weighted by atomic mass is 16.5. The van der Waals surface area contributed by atoms with E-state index in [1.807, 2.05) is 18.7 Å². The van der Waals surface area contributed by atoms with Crippen molar-refractivity contribution < 1.29 is 19.1 Å². The highest BCUT2D eigenvalue weighted by molar-refractivity contribution is 5.83. The Morgan fingerprint density at radius 1 is 1.24 bits per heavy atom. The molecule has 0 aromatic heterocycles. The molecule has 1 saturated heterocycles. The maximum Gasteiger partial charge on any atom is 0.324 e. The first-order valence-corrected chi connectivity index (χ1v) is 6.11. The summed E-state index contributed by atoms with van der Waals surface area (Å²) in [4.78, 5) is 25.1. The number of hydrogen-bond acceptors (Lipinski definition) is 5. The fraction of sp³-hybridized carbons (Fsp3) is 0.833. The number of rotatable bonds is 6. The summed E-state index contributed by atoms with van der Waals surface area (Å²) in [6.45, 7) is 8.76. The second kappa shape index (κ2) is 6.00. The summed E-state index contributed by atoms with van der Waals surface area (Å²) < 4.78 is 9.95. The Bertz CT molecular complexity index is 290. The minimum absolute atomic E-state index is 0.119. The van der Waals surface area contributed by atoms with Crippen molar-refractivity contribution in [2.45, 2.75) is 39.8 Å². The molecular weight excluding hydrogens is 222 g/mol. The largest absolute Gasteiger partial charge is 0.465 e. The molecule has 0 bridgehead atoms. The Kier molecular flexibility index (Phi) is 4.93. The molecule has 1 heterocycles. The Morgan fingerprint density at radius 2 is 1.82 bits per heavy atom. The number of esters is 2. The molecule has 17 heavy (non-hydrogen) atoms. The summed E-state index contributed by atoms with van der Waals surface area (Å²) >= 11 is 0. The first-order valence-electron chi connectivity index (χ1n) is 6.11. The van der Waals surface area contributed by atoms with Gasteiger partial charge in [-0.2, -0.15) is 0 Å². The zero-order chi connectivity index (χ0) is 13.0. The lowest BCUT2D eigenvalue weighted by atomic mass is 10.0. The first kappa shape index (κ1) is 14.0. The van der Waals surface area contributed by atoms with Gasteiger partial charge in [-0.15, -0.1) is 0 Å². The molecular formula is C12H21NO4. The topological polar surface area (TPSA) is 55.6 Å². The van der Waals surface area contributed by atoms with Crippen molar-refractivity contribution in [1.29, 1.82) is 0 Å². The molecule has 0 N–H and O–H groups in total. The van der Waals surface area contributed by atoms with Crippen molar-refractivity contribution in [3.63, 3.8) is 0 Å². The van der Waals surface area contributed by atoms with Crippen LogP contribution in [0.15, 0.2) is 0 Å². The molecule has 0 radical (unpaired) electrons. The summed E-state index contributed by atoms with van der Waals surface area (Å²) in [5, 5.41) is 0. The quantitative estimate of drug-likeness (QED) is 0.510. The molecule has 3 atom stereocenters. The van der Waals surface area contributed by atoms with E-state index in [4.69, 9.17) is 9.47 Å². The third-order valence-corrected chi connectivity index (χ3v) is 2.73. The molecule has 0 amide bonds. The van der Waals surface area contributed by atoms with Crippen LogP contribution in [-0.4, -0.2) is 48.7 Å². The predicted octanol–water partition coefficient (Wildman–Crippen LogP) is 0.821. The molecule has 0 spiro atoms. The summed E-state index contributed by atoms with van der Waals surface area (Å²) in [6.07, 6.45) is 0. The van der Waals surface area contributed by atoms with Gasteiger partial charge in [0.2, 0.25) is 0 Å². The Balaban J connectivity index is 2.57. The predicted molar refractivity (Wildman–Crippen MR) is 62.4 cm³/mol. The average Bonchev–Trinajstić information content (AvgIpc) is 2.98. The summed E-state index contributed by atoms with van der Waals surface area (Å²) in [5.74, 6) is -0.384. The SMILES string of the molecule is CCOC(=O)[C@H]1CN1[C@@H](C(=O)OCC)C(C)C. The maximum absolute atomic E-state index is 11.8. The van der Waals surface area contributed by atoms with Gasteiger partial charge in [0.15, 0.2) is 0 Å². The maximum atomic E-state index is 11.8. The van der Waals surface area contributed by atoms with Crippen LogP contribution in [0.1, 0.15) is 27.7 Å². The molecule has 1 aliphatic rings. The minimum atomic E-state index is -0.343. The monoisotopic (exact) mass is 243 g/mol. The van der Waals surface area contributed by atoms with Gasteiger partial charge in [-0.25, -0.2) is 0 Å². The van der Waals surface area contributed by atoms with Crippen LogP contribution >= 0.6 is 0 Å². The van der Waals surface area contributed by atoms with E-state index in [9.17, 15) is 9.59 Å². The molecule has 0 aromatic rings. The highest BCUT2D eigenvalue weighted by Crippen LogP contribution is 2.27. The van der Waals surface area contributed by atoms with Crippen LogP contribution in [0.3, 0.4) is 0 Å². The van der Waals surface area contributed by atoms with Crippen LogP contribution in [0.4, 0.5) is 0 Å². The molecule has 0 aliphatic carbocycles. The standard InChI is InChI=1S/C12H21NO4/c1-5-16-11(14)9-7-13(9)10(8(3)4)12(15)17-6-2/h8-10H,5-7H2,1-4H3/t9-,10-,13?/m1/s1. The summed E-state index contributed by atoms with van der Waals surface area (Å²) in [7, 11) is 0. The van der Waals surface area contributed by atoms with E-state index in [2.05, 4.69) is 0 Å². The van der Waals surface area contributed by atoms with Crippen LogP contribution in [0, 0.1) is 5.92 Å². The highest BCUT2D eigenvalue weighted by Gasteiger charge is 2.49. The van der Waals surface area contributed by atoms with Crippen LogP contribution in [0.2, 0.25) is 0 Å². The van der Waals surface area contributed by atoms with Gasteiger partial charge in [0.1, 0.15) is 12.1 Å². The zero-order valence-electron chi connectivity index (χ0n) is 10.9. The van der Waals surface area contributed by atoms with E-state index in [-0.39, 0.29) is 29.9 Å². The van der Waals surface area contributed by atoms with Crippen molar-refractivity contribution in [3.05, 3.63) is 0 Å². The number of carbonyl (C=O) groups excluding carboxylic acids is 2. The second-order valence-corrected chi connectivity index (χ2v) is 4.41. The lowest BCUT2D eigenvalue weighted by Gasteiger charge is -2.20. The van der Waals surface area contributed by atoms with Crippen molar-refractivity contribution in [2.75, 3.05) is 19.8 Å². The van der Waals surface area contributed by atoms with Crippen molar-refractivity contribution in [2.24, 2.45) is 5.92 Å². The molecule has 98 valence electrons. The minimum Gasteiger partial charge on any atom is -0.465 e. The van der Waals surface area contributed by atoms with Gasteiger partial charge >= 0.3 is 11.9 Å². The van der Waals surface area contributed by atoms with E-state index in [0.717, 1.165) is 0 Å². The van der Waals surface area contributed by atoms with Gasteiger partial charge in [0.25, 0.3) is 0 Å². The lowest BCUT2D eigenvalue weighted by Crippen LogP contribution is -2.38. The normalized spacial score (nSPS) is 24.3. The summed E-state index contributed by atoms with van der Waals surface area (Å²) in [5.41, 5.74) is 0. The van der Waals surface area contributed by atoms with Crippen LogP contribution in [0.5, 0.6) is 0 Å². The van der Waals surface area contributed by atoms with E-state index in [0.29, 0.717) is 19.8 Å². The van der Waals surface area contributed by atoms with Crippen molar-refractivity contribution in [1.82, 2.24) is 4.90 Å². The fourth-order valence-electron chi connectivity index (χ4n) is 1.93. The van der Waals surface area contributed by atoms with Gasteiger partial charge in [-0.05, 0) is 19.8 Å². The molecule has 1 fully saturated rings. The van der Waals surface area contributed by atoms with Gasteiger partial charge in [-0.1, -0.05) is 13.8 Å². The average molecular weight is 243 g/mol. The lowest BCUT2D eigenvalue weighted by molar-refractivity contribution is -0.150. The molecule has 5 nitrogen and oxygen atoms in total. The first-order chi connectivity index (χ1) is 8.02. The van der Waals surface area contributed by atoms with Crippen molar-refractivity contribution >= 4 is 11.9 Å². The second-order valence-electron chi connectivity index (χ2n) is 4.41. The van der Waals surface area contributed by atoms with E-state index in [1.165, 1.54) is 0 Å². The molecule has 0 aromatic carbocycles. The summed E-state index contributed by atoms with van der Waals surface area (Å²) in [6, 6.07) is -0.615. The van der Waals surface area contributed by atoms with Crippen molar-refractivity contribution in [3.8, 4) is 0 Å². The molecule has 5 heteroatoms. The smallest absolute Gasteiger partial charge is 0.324 e. The third-order valence-electron chi connectivity index (χ3n) is 2.73. The Morgan fingerprint density at radius 3 is 2.29 bits per heavy atom. The van der Waals surface area contributed by atoms with Gasteiger partial charge < -0.3 is 9.47 Å². The fourth-order valence-corrected chi connectivity index (χ4v) is 1.93. The zero-order valence-corrected chi connectivity index (χ0v) is 10.9. The third kappa shape index (κ3) is 3.43. The number of hydrogen-bond donors (Lipinski definition) is 0. The van der Waals surface area contributed by atoms with Crippen LogP contribution in [-0.2, 0) is 19.1 Å². The molecule has 1 unspecified atom stereocenters. The van der Waals surface area contributed by atoms with E-state index >= 15 is 0 Å². The number of ether oxygens (including phenoxy) is 2. The number of nitrogens with zero attached hydrogens (tertiary/aromatic N) is 1. The van der Waals surface area contributed by atoms with E-state index < -0.39 is 0 Å². The van der Waals surface area contributed by atoms with Crippen LogP contribution in [0.25, 0.3) is 0 Å². The Labute approximate surface area is 102 Å².